The Morgan fingerprint density at radius 1 is 1.33 bits per heavy atom. The van der Waals surface area contributed by atoms with Gasteiger partial charge in [0.15, 0.2) is 0 Å². The summed E-state index contributed by atoms with van der Waals surface area (Å²) in [5.41, 5.74) is 7.19. The second-order valence-electron chi connectivity index (χ2n) is 5.17. The van der Waals surface area contributed by atoms with Gasteiger partial charge in [0.05, 0.1) is 6.54 Å². The fourth-order valence-corrected chi connectivity index (χ4v) is 2.63. The molecule has 0 unspecified atom stereocenters. The van der Waals surface area contributed by atoms with Crippen molar-refractivity contribution in [2.24, 2.45) is 5.73 Å². The summed E-state index contributed by atoms with van der Waals surface area (Å²) in [6.07, 6.45) is 4.23. The highest BCUT2D eigenvalue weighted by molar-refractivity contribution is 5.96. The topological polar surface area (TPSA) is 75.4 Å². The summed E-state index contributed by atoms with van der Waals surface area (Å²) in [7, 11) is 0. The van der Waals surface area contributed by atoms with E-state index in [1.165, 1.54) is 0 Å². The van der Waals surface area contributed by atoms with E-state index in [2.05, 4.69) is 5.32 Å². The van der Waals surface area contributed by atoms with E-state index in [-0.39, 0.29) is 18.5 Å². The van der Waals surface area contributed by atoms with Crippen molar-refractivity contribution in [2.45, 2.75) is 38.6 Å². The summed E-state index contributed by atoms with van der Waals surface area (Å²) in [5.74, 6) is -0.447. The van der Waals surface area contributed by atoms with Crippen molar-refractivity contribution in [3.05, 3.63) is 11.1 Å². The molecule has 1 aliphatic carbocycles. The SMILES string of the molecule is CC(C(=O)N(CC(N)=O)C1CCCC1)=C1CNC1. The zero-order valence-corrected chi connectivity index (χ0v) is 10.9. The van der Waals surface area contributed by atoms with Crippen LogP contribution < -0.4 is 11.1 Å². The number of hydrogen-bond acceptors (Lipinski definition) is 3. The second-order valence-corrected chi connectivity index (χ2v) is 5.17. The Labute approximate surface area is 107 Å². The van der Waals surface area contributed by atoms with Crippen LogP contribution in [0.4, 0.5) is 0 Å². The minimum Gasteiger partial charge on any atom is -0.368 e. The first kappa shape index (κ1) is 13.1. The van der Waals surface area contributed by atoms with Gasteiger partial charge in [0, 0.05) is 24.7 Å². The number of nitrogens with one attached hydrogen (secondary N) is 1. The van der Waals surface area contributed by atoms with Crippen molar-refractivity contribution in [1.82, 2.24) is 10.2 Å². The number of carbonyl (C=O) groups excluding carboxylic acids is 2. The molecule has 1 saturated carbocycles. The van der Waals surface area contributed by atoms with Crippen LogP contribution >= 0.6 is 0 Å². The van der Waals surface area contributed by atoms with Crippen molar-refractivity contribution in [3.63, 3.8) is 0 Å². The highest BCUT2D eigenvalue weighted by Crippen LogP contribution is 2.25. The molecule has 100 valence electrons. The van der Waals surface area contributed by atoms with Gasteiger partial charge in [-0.25, -0.2) is 0 Å². The van der Waals surface area contributed by atoms with Crippen molar-refractivity contribution in [2.75, 3.05) is 19.6 Å². The molecule has 5 nitrogen and oxygen atoms in total. The number of rotatable bonds is 4. The van der Waals surface area contributed by atoms with Crippen molar-refractivity contribution < 1.29 is 9.59 Å². The van der Waals surface area contributed by atoms with Crippen LogP contribution in [0.3, 0.4) is 0 Å². The van der Waals surface area contributed by atoms with Crippen molar-refractivity contribution in [1.29, 1.82) is 0 Å². The highest BCUT2D eigenvalue weighted by Gasteiger charge is 2.30. The minimum absolute atomic E-state index is 0.0165. The maximum absolute atomic E-state index is 12.4. The Balaban J connectivity index is 2.11. The fourth-order valence-electron chi connectivity index (χ4n) is 2.63. The lowest BCUT2D eigenvalue weighted by molar-refractivity contribution is -0.134. The molecule has 1 saturated heterocycles. The van der Waals surface area contributed by atoms with Crippen LogP contribution in [0.5, 0.6) is 0 Å². The largest absolute Gasteiger partial charge is 0.368 e. The highest BCUT2D eigenvalue weighted by atomic mass is 16.2. The van der Waals surface area contributed by atoms with Crippen LogP contribution in [0, 0.1) is 0 Å². The molecular weight excluding hydrogens is 230 g/mol. The third-order valence-electron chi connectivity index (χ3n) is 3.88. The molecule has 5 heteroatoms. The van der Waals surface area contributed by atoms with E-state index < -0.39 is 5.91 Å². The van der Waals surface area contributed by atoms with Gasteiger partial charge in [0.2, 0.25) is 11.8 Å². The first-order chi connectivity index (χ1) is 8.59. The van der Waals surface area contributed by atoms with Gasteiger partial charge >= 0.3 is 0 Å². The predicted octanol–water partition coefficient (Wildman–Crippen LogP) is 0.163. The molecular formula is C13H21N3O2. The van der Waals surface area contributed by atoms with Gasteiger partial charge in [-0.2, -0.15) is 0 Å². The molecule has 2 fully saturated rings. The molecule has 0 radical (unpaired) electrons. The first-order valence-electron chi connectivity index (χ1n) is 6.58. The third-order valence-corrected chi connectivity index (χ3v) is 3.88. The van der Waals surface area contributed by atoms with E-state index in [4.69, 9.17) is 5.73 Å². The van der Waals surface area contributed by atoms with Crippen molar-refractivity contribution >= 4 is 11.8 Å². The summed E-state index contributed by atoms with van der Waals surface area (Å²) in [5, 5.41) is 3.13. The molecule has 0 bridgehead atoms. The van der Waals surface area contributed by atoms with E-state index in [1.807, 2.05) is 6.92 Å². The molecule has 18 heavy (non-hydrogen) atoms. The molecule has 2 rings (SSSR count). The molecule has 2 amide bonds. The lowest BCUT2D eigenvalue weighted by Crippen LogP contribution is -2.46. The molecule has 0 aromatic heterocycles. The molecule has 0 aromatic carbocycles. The minimum atomic E-state index is -0.431. The summed E-state index contributed by atoms with van der Waals surface area (Å²) in [6.45, 7) is 3.46. The molecule has 0 spiro atoms. The molecule has 2 aliphatic rings. The second kappa shape index (κ2) is 5.52. The quantitative estimate of drug-likeness (QED) is 0.699. The summed E-state index contributed by atoms with van der Waals surface area (Å²) < 4.78 is 0. The smallest absolute Gasteiger partial charge is 0.250 e. The Hall–Kier alpha value is -1.36. The van der Waals surface area contributed by atoms with Crippen LogP contribution in [0.15, 0.2) is 11.1 Å². The third kappa shape index (κ3) is 2.72. The van der Waals surface area contributed by atoms with Gasteiger partial charge in [-0.3, -0.25) is 9.59 Å². The number of nitrogens with two attached hydrogens (primary N) is 1. The maximum atomic E-state index is 12.4. The van der Waals surface area contributed by atoms with Gasteiger partial charge in [-0.1, -0.05) is 12.8 Å². The zero-order valence-electron chi connectivity index (χ0n) is 10.9. The van der Waals surface area contributed by atoms with E-state index >= 15 is 0 Å². The number of hydrogen-bond donors (Lipinski definition) is 2. The average Bonchev–Trinajstić information content (AvgIpc) is 2.75. The van der Waals surface area contributed by atoms with Crippen LogP contribution in [-0.2, 0) is 9.59 Å². The van der Waals surface area contributed by atoms with Crippen molar-refractivity contribution in [3.8, 4) is 0 Å². The Morgan fingerprint density at radius 2 is 1.94 bits per heavy atom. The number of carbonyl (C=O) groups is 2. The first-order valence-corrected chi connectivity index (χ1v) is 6.58. The lowest BCUT2D eigenvalue weighted by atomic mass is 10.0. The number of primary amides is 1. The van der Waals surface area contributed by atoms with Gasteiger partial charge in [0.25, 0.3) is 0 Å². The number of amides is 2. The fraction of sp³-hybridized carbons (Fsp3) is 0.692. The van der Waals surface area contributed by atoms with Crippen LogP contribution in [0.25, 0.3) is 0 Å². The molecule has 1 heterocycles. The Morgan fingerprint density at radius 3 is 2.39 bits per heavy atom. The Bertz CT molecular complexity index is 378. The standard InChI is InChI=1S/C13H21N3O2/c1-9(10-6-15-7-10)13(18)16(8-12(14)17)11-4-2-3-5-11/h11,15H,2-8H2,1H3,(H2,14,17). The van der Waals surface area contributed by atoms with E-state index in [1.54, 1.807) is 4.90 Å². The van der Waals surface area contributed by atoms with Crippen LogP contribution in [0.1, 0.15) is 32.6 Å². The van der Waals surface area contributed by atoms with E-state index in [0.717, 1.165) is 49.9 Å². The van der Waals surface area contributed by atoms with E-state index in [0.29, 0.717) is 0 Å². The van der Waals surface area contributed by atoms with E-state index in [9.17, 15) is 9.59 Å². The monoisotopic (exact) mass is 251 g/mol. The van der Waals surface area contributed by atoms with Crippen LogP contribution in [-0.4, -0.2) is 42.4 Å². The van der Waals surface area contributed by atoms with Gasteiger partial charge < -0.3 is 16.0 Å². The van der Waals surface area contributed by atoms with Gasteiger partial charge in [-0.05, 0) is 25.3 Å². The summed E-state index contributed by atoms with van der Waals surface area (Å²) in [6, 6.07) is 0.189. The molecule has 3 N–H and O–H groups in total. The maximum Gasteiger partial charge on any atom is 0.250 e. The normalized spacial score (nSPS) is 19.5. The zero-order chi connectivity index (χ0) is 13.1. The van der Waals surface area contributed by atoms with Gasteiger partial charge in [-0.15, -0.1) is 0 Å². The lowest BCUT2D eigenvalue weighted by Gasteiger charge is -2.30. The summed E-state index contributed by atoms with van der Waals surface area (Å²) >= 11 is 0. The molecule has 0 aromatic rings. The molecule has 1 aliphatic heterocycles. The van der Waals surface area contributed by atoms with Crippen LogP contribution in [0.2, 0.25) is 0 Å². The number of nitrogens with zero attached hydrogens (tertiary/aromatic N) is 1. The average molecular weight is 251 g/mol. The molecule has 0 atom stereocenters. The predicted molar refractivity (Wildman–Crippen MR) is 68.7 cm³/mol. The summed E-state index contributed by atoms with van der Waals surface area (Å²) in [4.78, 5) is 25.3. The Kier molecular flexibility index (Phi) is 4.01. The van der Waals surface area contributed by atoms with Gasteiger partial charge in [0.1, 0.15) is 0 Å².